The summed E-state index contributed by atoms with van der Waals surface area (Å²) in [5, 5.41) is 0. The normalized spacial score (nSPS) is 18.9. The minimum Gasteiger partial charge on any atom is -0.389 e. The predicted octanol–water partition coefficient (Wildman–Crippen LogP) is 1.96. The molecule has 0 radical (unpaired) electrons. The van der Waals surface area contributed by atoms with Crippen LogP contribution in [0.15, 0.2) is 24.3 Å². The molecule has 1 fully saturated rings. The van der Waals surface area contributed by atoms with E-state index in [4.69, 9.17) is 22.7 Å². The van der Waals surface area contributed by atoms with Gasteiger partial charge in [0.25, 0.3) is 5.91 Å². The summed E-state index contributed by atoms with van der Waals surface area (Å²) in [4.78, 5) is 14.7. The minimum atomic E-state index is 0.0208. The Morgan fingerprint density at radius 1 is 1.50 bits per heavy atom. The van der Waals surface area contributed by atoms with E-state index in [1.165, 1.54) is 0 Å². The van der Waals surface area contributed by atoms with E-state index >= 15 is 0 Å². The fraction of sp³-hybridized carbons (Fsp3) is 0.467. The lowest BCUT2D eigenvalue weighted by atomic mass is 10.1. The number of nitrogens with two attached hydrogens (primary N) is 1. The molecule has 1 unspecified atom stereocenters. The molecule has 0 saturated carbocycles. The number of likely N-dealkylation sites (tertiary alicyclic amines) is 1. The van der Waals surface area contributed by atoms with Crippen molar-refractivity contribution < 1.29 is 9.53 Å². The highest BCUT2D eigenvalue weighted by Gasteiger charge is 2.24. The first-order chi connectivity index (χ1) is 9.61. The number of ether oxygens (including phenoxy) is 1. The highest BCUT2D eigenvalue weighted by atomic mass is 32.1. The Morgan fingerprint density at radius 3 is 2.95 bits per heavy atom. The van der Waals surface area contributed by atoms with Gasteiger partial charge >= 0.3 is 0 Å². The Hall–Kier alpha value is -1.46. The summed E-state index contributed by atoms with van der Waals surface area (Å²) < 4.78 is 5.63. The Labute approximate surface area is 124 Å². The number of rotatable bonds is 4. The maximum atomic E-state index is 12.5. The first kappa shape index (κ1) is 14.9. The van der Waals surface area contributed by atoms with Gasteiger partial charge in [-0.15, -0.1) is 0 Å². The number of piperidine rings is 1. The van der Waals surface area contributed by atoms with Gasteiger partial charge in [-0.2, -0.15) is 0 Å². The zero-order valence-corrected chi connectivity index (χ0v) is 12.5. The smallest absolute Gasteiger partial charge is 0.253 e. The molecule has 5 heteroatoms. The molecular formula is C15H20N2O2S. The maximum Gasteiger partial charge on any atom is 0.253 e. The Bertz CT molecular complexity index is 502. The van der Waals surface area contributed by atoms with E-state index in [9.17, 15) is 4.79 Å². The minimum absolute atomic E-state index is 0.0208. The van der Waals surface area contributed by atoms with Gasteiger partial charge in [-0.25, -0.2) is 0 Å². The van der Waals surface area contributed by atoms with Gasteiger partial charge in [-0.3, -0.25) is 4.79 Å². The van der Waals surface area contributed by atoms with E-state index in [1.54, 1.807) is 12.1 Å². The Kier molecular flexibility index (Phi) is 5.09. The molecule has 1 heterocycles. The van der Waals surface area contributed by atoms with Gasteiger partial charge in [0.2, 0.25) is 0 Å². The van der Waals surface area contributed by atoms with E-state index in [2.05, 4.69) is 0 Å². The molecule has 20 heavy (non-hydrogen) atoms. The summed E-state index contributed by atoms with van der Waals surface area (Å²) in [6.45, 7) is 4.10. The second-order valence-electron chi connectivity index (χ2n) is 4.92. The van der Waals surface area contributed by atoms with Gasteiger partial charge in [0.1, 0.15) is 4.99 Å². The highest BCUT2D eigenvalue weighted by Crippen LogP contribution is 2.17. The summed E-state index contributed by atoms with van der Waals surface area (Å²) >= 11 is 4.95. The largest absolute Gasteiger partial charge is 0.389 e. The molecule has 0 spiro atoms. The molecule has 0 bridgehead atoms. The van der Waals surface area contributed by atoms with Crippen molar-refractivity contribution in [3.05, 3.63) is 35.4 Å². The predicted molar refractivity (Wildman–Crippen MR) is 82.9 cm³/mol. The third-order valence-corrected chi connectivity index (χ3v) is 3.70. The van der Waals surface area contributed by atoms with Crippen molar-refractivity contribution >= 4 is 23.1 Å². The molecule has 1 aromatic rings. The van der Waals surface area contributed by atoms with Crippen LogP contribution in [-0.4, -0.2) is 41.6 Å². The van der Waals surface area contributed by atoms with Gasteiger partial charge in [-0.1, -0.05) is 24.4 Å². The van der Waals surface area contributed by atoms with Crippen molar-refractivity contribution in [1.82, 2.24) is 4.90 Å². The average Bonchev–Trinajstić information content (AvgIpc) is 2.47. The fourth-order valence-electron chi connectivity index (χ4n) is 2.48. The van der Waals surface area contributed by atoms with E-state index in [-0.39, 0.29) is 12.0 Å². The molecule has 108 valence electrons. The first-order valence-electron chi connectivity index (χ1n) is 6.92. The lowest BCUT2D eigenvalue weighted by Gasteiger charge is -2.32. The summed E-state index contributed by atoms with van der Waals surface area (Å²) in [7, 11) is 0. The molecular weight excluding hydrogens is 272 g/mol. The van der Waals surface area contributed by atoms with Crippen LogP contribution in [-0.2, 0) is 4.74 Å². The quantitative estimate of drug-likeness (QED) is 0.862. The van der Waals surface area contributed by atoms with Crippen molar-refractivity contribution in [2.45, 2.75) is 25.9 Å². The Morgan fingerprint density at radius 2 is 2.25 bits per heavy atom. The molecule has 1 saturated heterocycles. The van der Waals surface area contributed by atoms with Gasteiger partial charge in [-0.05, 0) is 31.9 Å². The Balaban J connectivity index is 2.10. The number of amides is 1. The summed E-state index contributed by atoms with van der Waals surface area (Å²) in [5.74, 6) is 0.0208. The third-order valence-electron chi connectivity index (χ3n) is 3.46. The van der Waals surface area contributed by atoms with Crippen LogP contribution in [0.1, 0.15) is 35.7 Å². The van der Waals surface area contributed by atoms with Crippen molar-refractivity contribution in [2.75, 3.05) is 19.7 Å². The van der Waals surface area contributed by atoms with Crippen LogP contribution >= 0.6 is 12.2 Å². The van der Waals surface area contributed by atoms with Crippen LogP contribution in [0.25, 0.3) is 0 Å². The van der Waals surface area contributed by atoms with Crippen LogP contribution in [0.3, 0.4) is 0 Å². The standard InChI is InChI=1S/C15H20N2O2S/c1-2-19-13-7-4-8-17(10-13)15(18)12-6-3-5-11(9-12)14(16)20/h3,5-6,9,13H,2,4,7-8,10H2,1H3,(H2,16,20). The molecule has 2 N–H and O–H groups in total. The number of thiocarbonyl (C=S) groups is 1. The van der Waals surface area contributed by atoms with E-state index in [0.717, 1.165) is 24.9 Å². The lowest BCUT2D eigenvalue weighted by Crippen LogP contribution is -2.43. The van der Waals surface area contributed by atoms with Crippen LogP contribution in [0.2, 0.25) is 0 Å². The third kappa shape index (κ3) is 3.55. The van der Waals surface area contributed by atoms with E-state index in [0.29, 0.717) is 23.7 Å². The molecule has 1 aliphatic rings. The van der Waals surface area contributed by atoms with Crippen molar-refractivity contribution in [1.29, 1.82) is 0 Å². The molecule has 4 nitrogen and oxygen atoms in total. The van der Waals surface area contributed by atoms with E-state index < -0.39 is 0 Å². The molecule has 0 aliphatic carbocycles. The molecule has 1 aliphatic heterocycles. The average molecular weight is 292 g/mol. The number of carbonyl (C=O) groups is 1. The van der Waals surface area contributed by atoms with E-state index in [1.807, 2.05) is 24.0 Å². The van der Waals surface area contributed by atoms with Crippen molar-refractivity contribution in [3.8, 4) is 0 Å². The molecule has 1 aromatic carbocycles. The van der Waals surface area contributed by atoms with Gasteiger partial charge in [0, 0.05) is 30.8 Å². The zero-order valence-electron chi connectivity index (χ0n) is 11.7. The monoisotopic (exact) mass is 292 g/mol. The lowest BCUT2D eigenvalue weighted by molar-refractivity contribution is 0.00724. The SMILES string of the molecule is CCOC1CCCN(C(=O)c2cccc(C(N)=S)c2)C1. The summed E-state index contributed by atoms with van der Waals surface area (Å²) in [6.07, 6.45) is 2.15. The van der Waals surface area contributed by atoms with Crippen LogP contribution < -0.4 is 5.73 Å². The maximum absolute atomic E-state index is 12.5. The topological polar surface area (TPSA) is 55.6 Å². The van der Waals surface area contributed by atoms with Gasteiger partial charge < -0.3 is 15.4 Å². The zero-order chi connectivity index (χ0) is 14.5. The second-order valence-corrected chi connectivity index (χ2v) is 5.36. The van der Waals surface area contributed by atoms with Crippen molar-refractivity contribution in [2.24, 2.45) is 5.73 Å². The molecule has 2 rings (SSSR count). The van der Waals surface area contributed by atoms with Crippen LogP contribution in [0.5, 0.6) is 0 Å². The molecule has 1 amide bonds. The fourth-order valence-corrected chi connectivity index (χ4v) is 2.61. The number of hydrogen-bond acceptors (Lipinski definition) is 3. The highest BCUT2D eigenvalue weighted by molar-refractivity contribution is 7.80. The number of carbonyl (C=O) groups excluding carboxylic acids is 1. The van der Waals surface area contributed by atoms with Gasteiger partial charge in [0.15, 0.2) is 0 Å². The second kappa shape index (κ2) is 6.81. The molecule has 0 aromatic heterocycles. The first-order valence-corrected chi connectivity index (χ1v) is 7.33. The van der Waals surface area contributed by atoms with Crippen molar-refractivity contribution in [3.63, 3.8) is 0 Å². The summed E-state index contributed by atoms with van der Waals surface area (Å²) in [5.41, 5.74) is 6.97. The van der Waals surface area contributed by atoms with Gasteiger partial charge in [0.05, 0.1) is 6.10 Å². The molecule has 1 atom stereocenters. The number of nitrogens with zero attached hydrogens (tertiary/aromatic N) is 1. The number of benzene rings is 1. The summed E-state index contributed by atoms with van der Waals surface area (Å²) in [6, 6.07) is 7.19. The van der Waals surface area contributed by atoms with Crippen LogP contribution in [0, 0.1) is 0 Å². The number of hydrogen-bond donors (Lipinski definition) is 1. The van der Waals surface area contributed by atoms with Crippen LogP contribution in [0.4, 0.5) is 0 Å².